The van der Waals surface area contributed by atoms with Crippen LogP contribution in [0, 0.1) is 0 Å². The fourth-order valence-electron chi connectivity index (χ4n) is 5.33. The maximum absolute atomic E-state index is 12.8. The number of hydrogen-bond donors (Lipinski definition) is 0. The van der Waals surface area contributed by atoms with Gasteiger partial charge in [0.25, 0.3) is 15.7 Å². The number of piperidine rings is 1. The lowest BCUT2D eigenvalue weighted by Gasteiger charge is -2.32. The topological polar surface area (TPSA) is 81.5 Å². The van der Waals surface area contributed by atoms with E-state index in [1.165, 1.54) is 5.56 Å². The maximum Gasteiger partial charge on any atom is 0.282 e. The first-order valence-corrected chi connectivity index (χ1v) is 13.7. The third-order valence-corrected chi connectivity index (χ3v) is 8.03. The minimum absolute atomic E-state index is 0.190. The first kappa shape index (κ1) is 23.5. The molecule has 0 saturated carbocycles. The molecule has 1 aromatic heterocycles. The van der Waals surface area contributed by atoms with Crippen LogP contribution in [0.25, 0.3) is 16.6 Å². The Labute approximate surface area is 204 Å². The highest BCUT2D eigenvalue weighted by Crippen LogP contribution is 2.44. The molecule has 1 fully saturated rings. The Bertz CT molecular complexity index is 1440. The van der Waals surface area contributed by atoms with E-state index >= 15 is 0 Å². The summed E-state index contributed by atoms with van der Waals surface area (Å²) in [5.74, 6) is 1.15. The van der Waals surface area contributed by atoms with Gasteiger partial charge in [-0.3, -0.25) is 13.5 Å². The summed E-state index contributed by atoms with van der Waals surface area (Å²) in [6, 6.07) is 12.2. The summed E-state index contributed by atoms with van der Waals surface area (Å²) in [5, 5.41) is 0.867. The van der Waals surface area contributed by atoms with Gasteiger partial charge >= 0.3 is 0 Å². The maximum atomic E-state index is 12.8. The van der Waals surface area contributed by atoms with Gasteiger partial charge in [0.05, 0.1) is 39.9 Å². The van der Waals surface area contributed by atoms with E-state index < -0.39 is 15.5 Å². The molecular formula is C25H28ClN3O4S. The quantitative estimate of drug-likeness (QED) is 0.494. The normalized spacial score (nSPS) is 18.2. The number of nitrogens with zero attached hydrogens (tertiary/aromatic N) is 3. The molecule has 0 N–H and O–H groups in total. The Morgan fingerprint density at radius 2 is 1.91 bits per heavy atom. The van der Waals surface area contributed by atoms with Crippen molar-refractivity contribution in [3.05, 3.63) is 68.7 Å². The molecule has 9 heteroatoms. The number of benzene rings is 2. The molecule has 7 nitrogen and oxygen atoms in total. The minimum Gasteiger partial charge on any atom is -0.301 e. The zero-order valence-corrected chi connectivity index (χ0v) is 21.1. The van der Waals surface area contributed by atoms with Crippen LogP contribution in [0.2, 0.25) is 5.02 Å². The van der Waals surface area contributed by atoms with Crippen molar-refractivity contribution < 1.29 is 12.6 Å². The standard InChI is InChI=1S/C25H28ClN3O4S/c1-25(2)18-8-7-17(16-9-11-28(12-10-16)13-14-33-34(3,31)32)15-21(18)29-20-6-4-5-19(26)22(20)23(30)27-24(25)29/h4-8,15-16H,9-14H2,1-3H3. The third kappa shape index (κ3) is 4.06. The molecule has 0 radical (unpaired) electrons. The fourth-order valence-corrected chi connectivity index (χ4v) is 5.96. The van der Waals surface area contributed by atoms with E-state index in [0.29, 0.717) is 22.9 Å². The van der Waals surface area contributed by atoms with Crippen LogP contribution in [0.1, 0.15) is 49.6 Å². The van der Waals surface area contributed by atoms with Crippen LogP contribution in [-0.4, -0.2) is 55.4 Å². The second kappa shape index (κ2) is 8.45. The predicted octanol–water partition coefficient (Wildman–Crippen LogP) is 3.83. The zero-order valence-electron chi connectivity index (χ0n) is 19.5. The van der Waals surface area contributed by atoms with Crippen molar-refractivity contribution in [3.63, 3.8) is 0 Å². The second-order valence-corrected chi connectivity index (χ2v) is 11.8. The van der Waals surface area contributed by atoms with E-state index in [2.05, 4.69) is 46.5 Å². The average molecular weight is 502 g/mol. The molecule has 0 bridgehead atoms. The highest BCUT2D eigenvalue weighted by molar-refractivity contribution is 7.85. The lowest BCUT2D eigenvalue weighted by atomic mass is 9.83. The summed E-state index contributed by atoms with van der Waals surface area (Å²) in [6.45, 7) is 6.79. The van der Waals surface area contributed by atoms with Gasteiger partial charge in [-0.15, -0.1) is 0 Å². The molecule has 0 amide bonds. The Morgan fingerprint density at radius 1 is 1.18 bits per heavy atom. The van der Waals surface area contributed by atoms with Gasteiger partial charge in [-0.1, -0.05) is 29.8 Å². The number of fused-ring (bicyclic) bond motifs is 5. The van der Waals surface area contributed by atoms with Gasteiger partial charge in [0.2, 0.25) is 0 Å². The molecule has 2 aliphatic rings. The average Bonchev–Trinajstić information content (AvgIpc) is 3.00. The molecule has 3 heterocycles. The molecule has 0 atom stereocenters. The van der Waals surface area contributed by atoms with Crippen LogP contribution < -0.4 is 5.56 Å². The van der Waals surface area contributed by atoms with E-state index in [-0.39, 0.29) is 12.2 Å². The monoisotopic (exact) mass is 501 g/mol. The fraction of sp³-hybridized carbons (Fsp3) is 0.440. The van der Waals surface area contributed by atoms with Crippen molar-refractivity contribution >= 4 is 32.6 Å². The van der Waals surface area contributed by atoms with Crippen molar-refractivity contribution in [2.45, 2.75) is 38.0 Å². The van der Waals surface area contributed by atoms with Crippen molar-refractivity contribution in [1.82, 2.24) is 14.5 Å². The van der Waals surface area contributed by atoms with Crippen LogP contribution in [0.3, 0.4) is 0 Å². The summed E-state index contributed by atoms with van der Waals surface area (Å²) in [6.07, 6.45) is 3.06. The summed E-state index contributed by atoms with van der Waals surface area (Å²) in [4.78, 5) is 19.5. The first-order valence-electron chi connectivity index (χ1n) is 11.5. The number of rotatable bonds is 5. The van der Waals surface area contributed by atoms with Crippen molar-refractivity contribution in [3.8, 4) is 5.69 Å². The third-order valence-electron chi connectivity index (χ3n) is 7.12. The lowest BCUT2D eigenvalue weighted by molar-refractivity contribution is 0.176. The van der Waals surface area contributed by atoms with Crippen molar-refractivity contribution in [1.29, 1.82) is 0 Å². The Kier molecular flexibility index (Phi) is 5.83. The minimum atomic E-state index is -3.40. The van der Waals surface area contributed by atoms with E-state index in [9.17, 15) is 13.2 Å². The molecule has 2 aliphatic heterocycles. The molecule has 0 spiro atoms. The summed E-state index contributed by atoms with van der Waals surface area (Å²) >= 11 is 6.39. The molecule has 0 aliphatic carbocycles. The Hall–Kier alpha value is -2.26. The van der Waals surface area contributed by atoms with Crippen molar-refractivity contribution in [2.24, 2.45) is 0 Å². The smallest absolute Gasteiger partial charge is 0.282 e. The highest BCUT2D eigenvalue weighted by atomic mass is 35.5. The highest BCUT2D eigenvalue weighted by Gasteiger charge is 2.39. The molecular weight excluding hydrogens is 474 g/mol. The molecule has 3 aromatic rings. The van der Waals surface area contributed by atoms with E-state index in [4.69, 9.17) is 15.8 Å². The summed E-state index contributed by atoms with van der Waals surface area (Å²) < 4.78 is 29.4. The van der Waals surface area contributed by atoms with Crippen LogP contribution in [0.5, 0.6) is 0 Å². The molecule has 180 valence electrons. The van der Waals surface area contributed by atoms with E-state index in [0.717, 1.165) is 54.8 Å². The van der Waals surface area contributed by atoms with E-state index in [1.807, 2.05) is 12.1 Å². The van der Waals surface area contributed by atoms with Crippen LogP contribution >= 0.6 is 11.6 Å². The van der Waals surface area contributed by atoms with E-state index in [1.54, 1.807) is 6.07 Å². The van der Waals surface area contributed by atoms with Gasteiger partial charge in [0.15, 0.2) is 0 Å². The molecule has 0 unspecified atom stereocenters. The Morgan fingerprint density at radius 3 is 2.62 bits per heavy atom. The number of aromatic nitrogens is 2. The lowest BCUT2D eigenvalue weighted by Crippen LogP contribution is -2.35. The van der Waals surface area contributed by atoms with Gasteiger partial charge in [0.1, 0.15) is 5.82 Å². The number of halogens is 1. The SMILES string of the molecule is CC1(C)c2ccc(C3CCN(CCOS(C)(=O)=O)CC3)cc2-n2c1nc(=O)c1c(Cl)cccc12. The number of likely N-dealkylation sites (tertiary alicyclic amines) is 1. The molecule has 1 saturated heterocycles. The van der Waals surface area contributed by atoms with Gasteiger partial charge in [-0.05, 0) is 75.0 Å². The van der Waals surface area contributed by atoms with Gasteiger partial charge < -0.3 is 4.90 Å². The largest absolute Gasteiger partial charge is 0.301 e. The first-order chi connectivity index (χ1) is 16.1. The van der Waals surface area contributed by atoms with Crippen molar-refractivity contribution in [2.75, 3.05) is 32.5 Å². The van der Waals surface area contributed by atoms with Gasteiger partial charge in [-0.2, -0.15) is 13.4 Å². The van der Waals surface area contributed by atoms with Crippen LogP contribution in [-0.2, 0) is 19.7 Å². The van der Waals surface area contributed by atoms with Gasteiger partial charge in [-0.25, -0.2) is 0 Å². The Balaban J connectivity index is 1.45. The summed E-state index contributed by atoms with van der Waals surface area (Å²) in [7, 11) is -3.40. The van der Waals surface area contributed by atoms with Gasteiger partial charge in [0, 0.05) is 6.54 Å². The molecule has 2 aromatic carbocycles. The number of hydrogen-bond acceptors (Lipinski definition) is 6. The van der Waals surface area contributed by atoms with Crippen LogP contribution in [0.15, 0.2) is 41.2 Å². The molecule has 34 heavy (non-hydrogen) atoms. The summed E-state index contributed by atoms with van der Waals surface area (Å²) in [5.41, 5.74) is 3.56. The zero-order chi connectivity index (χ0) is 24.3. The predicted molar refractivity (Wildman–Crippen MR) is 134 cm³/mol. The van der Waals surface area contributed by atoms with Crippen LogP contribution in [0.4, 0.5) is 0 Å². The molecule has 5 rings (SSSR count). The second-order valence-electron chi connectivity index (χ2n) is 9.75.